The quantitative estimate of drug-likeness (QED) is 0.611. The van der Waals surface area contributed by atoms with Gasteiger partial charge in [-0.15, -0.1) is 0 Å². The van der Waals surface area contributed by atoms with Crippen molar-refractivity contribution in [3.05, 3.63) is 70.9 Å². The van der Waals surface area contributed by atoms with Crippen molar-refractivity contribution < 1.29 is 9.53 Å². The number of hydrogen-bond acceptors (Lipinski definition) is 3. The van der Waals surface area contributed by atoms with Crippen LogP contribution in [0, 0.1) is 6.92 Å². The lowest BCUT2D eigenvalue weighted by Crippen LogP contribution is -1.97. The number of carbonyl (C=O) groups is 1. The molecule has 22 heavy (non-hydrogen) atoms. The zero-order valence-electron chi connectivity index (χ0n) is 12.6. The molecule has 0 aromatic heterocycles. The van der Waals surface area contributed by atoms with Gasteiger partial charge in [0.15, 0.2) is 5.78 Å². The molecule has 2 aromatic carbocycles. The molecular formula is C18H18ClNO2. The van der Waals surface area contributed by atoms with E-state index in [1.54, 1.807) is 30.5 Å². The molecule has 0 bridgehead atoms. The van der Waals surface area contributed by atoms with Crippen LogP contribution in [0.3, 0.4) is 0 Å². The van der Waals surface area contributed by atoms with Gasteiger partial charge in [0.2, 0.25) is 0 Å². The molecule has 2 aromatic rings. The molecule has 0 fully saturated rings. The number of halogens is 1. The molecule has 114 valence electrons. The Morgan fingerprint density at radius 1 is 1.23 bits per heavy atom. The van der Waals surface area contributed by atoms with E-state index in [-0.39, 0.29) is 5.78 Å². The maximum Gasteiger partial charge on any atom is 0.187 e. The van der Waals surface area contributed by atoms with Gasteiger partial charge in [-0.05, 0) is 55.8 Å². The summed E-state index contributed by atoms with van der Waals surface area (Å²) in [7, 11) is 0. The number of aryl methyl sites for hydroxylation is 1. The first-order chi connectivity index (χ1) is 10.6. The van der Waals surface area contributed by atoms with Crippen molar-refractivity contribution >= 4 is 23.1 Å². The second kappa shape index (κ2) is 7.66. The predicted octanol–water partition coefficient (Wildman–Crippen LogP) is 4.86. The van der Waals surface area contributed by atoms with Gasteiger partial charge in [0.25, 0.3) is 0 Å². The normalized spacial score (nSPS) is 10.7. The number of ether oxygens (including phenoxy) is 1. The highest BCUT2D eigenvalue weighted by atomic mass is 35.5. The Kier molecular flexibility index (Phi) is 5.61. The molecular weight excluding hydrogens is 298 g/mol. The van der Waals surface area contributed by atoms with Crippen molar-refractivity contribution in [2.24, 2.45) is 0 Å². The molecule has 1 N–H and O–H groups in total. The number of ketones is 1. The lowest BCUT2D eigenvalue weighted by atomic mass is 10.1. The molecule has 0 unspecified atom stereocenters. The summed E-state index contributed by atoms with van der Waals surface area (Å²) < 4.78 is 5.35. The van der Waals surface area contributed by atoms with Crippen molar-refractivity contribution in [2.75, 3.05) is 11.9 Å². The molecule has 0 heterocycles. The fraction of sp³-hybridized carbons (Fsp3) is 0.167. The van der Waals surface area contributed by atoms with E-state index in [9.17, 15) is 4.79 Å². The minimum atomic E-state index is -0.0845. The van der Waals surface area contributed by atoms with Gasteiger partial charge in [0.1, 0.15) is 5.75 Å². The summed E-state index contributed by atoms with van der Waals surface area (Å²) in [5, 5.41) is 3.64. The molecule has 0 amide bonds. The average molecular weight is 316 g/mol. The number of rotatable bonds is 6. The molecule has 0 atom stereocenters. The zero-order valence-corrected chi connectivity index (χ0v) is 13.4. The number of allylic oxidation sites excluding steroid dienone is 1. The largest absolute Gasteiger partial charge is 0.494 e. The highest BCUT2D eigenvalue weighted by molar-refractivity contribution is 6.33. The van der Waals surface area contributed by atoms with Crippen LogP contribution >= 0.6 is 11.6 Å². The highest BCUT2D eigenvalue weighted by Gasteiger charge is 2.02. The average Bonchev–Trinajstić information content (AvgIpc) is 2.50. The maximum atomic E-state index is 12.0. The summed E-state index contributed by atoms with van der Waals surface area (Å²) in [5.74, 6) is 0.673. The van der Waals surface area contributed by atoms with Crippen LogP contribution in [0.4, 0.5) is 5.69 Å². The van der Waals surface area contributed by atoms with Gasteiger partial charge >= 0.3 is 0 Å². The van der Waals surface area contributed by atoms with Crippen molar-refractivity contribution in [1.82, 2.24) is 0 Å². The standard InChI is InChI=1S/C18H18ClNO2/c1-3-22-15-7-5-14(6-8-15)18(21)10-11-20-17-9-4-13(2)12-16(17)19/h4-12,20H,3H2,1-2H3/b11-10+. The van der Waals surface area contributed by atoms with Crippen molar-refractivity contribution in [1.29, 1.82) is 0 Å². The first kappa shape index (κ1) is 16.1. The monoisotopic (exact) mass is 315 g/mol. The van der Waals surface area contributed by atoms with Crippen LogP contribution < -0.4 is 10.1 Å². The Labute approximate surface area is 135 Å². The fourth-order valence-electron chi connectivity index (χ4n) is 1.92. The van der Waals surface area contributed by atoms with Crippen LogP contribution in [-0.2, 0) is 0 Å². The SMILES string of the molecule is CCOc1ccc(C(=O)/C=C/Nc2ccc(C)cc2Cl)cc1. The summed E-state index contributed by atoms with van der Waals surface area (Å²) in [6.45, 7) is 4.50. The van der Waals surface area contributed by atoms with E-state index in [1.807, 2.05) is 32.0 Å². The van der Waals surface area contributed by atoms with Crippen molar-refractivity contribution in [3.63, 3.8) is 0 Å². The van der Waals surface area contributed by atoms with Crippen LogP contribution in [0.15, 0.2) is 54.7 Å². The molecule has 0 saturated heterocycles. The van der Waals surface area contributed by atoms with Crippen molar-refractivity contribution in [3.8, 4) is 5.75 Å². The van der Waals surface area contributed by atoms with Gasteiger partial charge in [0.05, 0.1) is 17.3 Å². The molecule has 0 radical (unpaired) electrons. The van der Waals surface area contributed by atoms with E-state index in [0.29, 0.717) is 17.2 Å². The first-order valence-corrected chi connectivity index (χ1v) is 7.44. The van der Waals surface area contributed by atoms with Gasteiger partial charge in [-0.3, -0.25) is 4.79 Å². The van der Waals surface area contributed by atoms with E-state index in [2.05, 4.69) is 5.32 Å². The molecule has 0 aliphatic rings. The minimum Gasteiger partial charge on any atom is -0.494 e. The predicted molar refractivity (Wildman–Crippen MR) is 90.9 cm³/mol. The first-order valence-electron chi connectivity index (χ1n) is 7.06. The molecule has 0 aliphatic carbocycles. The Morgan fingerprint density at radius 2 is 1.95 bits per heavy atom. The van der Waals surface area contributed by atoms with Gasteiger partial charge in [0, 0.05) is 17.8 Å². The number of anilines is 1. The summed E-state index contributed by atoms with van der Waals surface area (Å²) >= 11 is 6.11. The fourth-order valence-corrected chi connectivity index (χ4v) is 2.21. The highest BCUT2D eigenvalue weighted by Crippen LogP contribution is 2.22. The van der Waals surface area contributed by atoms with E-state index < -0.39 is 0 Å². The summed E-state index contributed by atoms with van der Waals surface area (Å²) in [6, 6.07) is 12.8. The number of nitrogens with one attached hydrogen (secondary N) is 1. The molecule has 0 spiro atoms. The van der Waals surface area contributed by atoms with E-state index in [1.165, 1.54) is 6.08 Å². The third-order valence-corrected chi connectivity index (χ3v) is 3.36. The molecule has 3 nitrogen and oxygen atoms in total. The third-order valence-electron chi connectivity index (χ3n) is 3.05. The third kappa shape index (κ3) is 4.37. The van der Waals surface area contributed by atoms with Gasteiger partial charge in [-0.25, -0.2) is 0 Å². The Bertz CT molecular complexity index is 678. The van der Waals surface area contributed by atoms with Crippen LogP contribution in [0.25, 0.3) is 0 Å². The second-order valence-electron chi connectivity index (χ2n) is 4.78. The minimum absolute atomic E-state index is 0.0845. The number of carbonyl (C=O) groups excluding carboxylic acids is 1. The summed E-state index contributed by atoms with van der Waals surface area (Å²) in [4.78, 5) is 12.0. The number of benzene rings is 2. The molecule has 0 aliphatic heterocycles. The maximum absolute atomic E-state index is 12.0. The second-order valence-corrected chi connectivity index (χ2v) is 5.19. The van der Waals surface area contributed by atoms with Gasteiger partial charge < -0.3 is 10.1 Å². The number of hydrogen-bond donors (Lipinski definition) is 1. The van der Waals surface area contributed by atoms with Crippen LogP contribution in [0.1, 0.15) is 22.8 Å². The van der Waals surface area contributed by atoms with Crippen molar-refractivity contribution in [2.45, 2.75) is 13.8 Å². The molecule has 0 saturated carbocycles. The Hall–Kier alpha value is -2.26. The zero-order chi connectivity index (χ0) is 15.9. The summed E-state index contributed by atoms with van der Waals surface area (Å²) in [5.41, 5.74) is 2.46. The summed E-state index contributed by atoms with van der Waals surface area (Å²) in [6.07, 6.45) is 3.07. The van der Waals surface area contributed by atoms with Gasteiger partial charge in [-0.1, -0.05) is 17.7 Å². The van der Waals surface area contributed by atoms with Crippen LogP contribution in [0.2, 0.25) is 5.02 Å². The van der Waals surface area contributed by atoms with E-state index >= 15 is 0 Å². The van der Waals surface area contributed by atoms with Crippen LogP contribution in [0.5, 0.6) is 5.75 Å². The van der Waals surface area contributed by atoms with E-state index in [0.717, 1.165) is 17.0 Å². The topological polar surface area (TPSA) is 38.3 Å². The van der Waals surface area contributed by atoms with Crippen LogP contribution in [-0.4, -0.2) is 12.4 Å². The molecule has 4 heteroatoms. The van der Waals surface area contributed by atoms with Gasteiger partial charge in [-0.2, -0.15) is 0 Å². The smallest absolute Gasteiger partial charge is 0.187 e. The Morgan fingerprint density at radius 3 is 2.59 bits per heavy atom. The van der Waals surface area contributed by atoms with E-state index in [4.69, 9.17) is 16.3 Å². The molecule has 2 rings (SSSR count). The lowest BCUT2D eigenvalue weighted by Gasteiger charge is -2.05. The lowest BCUT2D eigenvalue weighted by molar-refractivity contribution is 0.104. The Balaban J connectivity index is 1.98.